The van der Waals surface area contributed by atoms with Crippen LogP contribution >= 0.6 is 11.6 Å². The van der Waals surface area contributed by atoms with Crippen molar-refractivity contribution in [1.29, 1.82) is 0 Å². The minimum Gasteiger partial charge on any atom is -0.297 e. The minimum absolute atomic E-state index is 0.647. The van der Waals surface area contributed by atoms with E-state index in [0.29, 0.717) is 5.92 Å². The van der Waals surface area contributed by atoms with E-state index in [1.54, 1.807) is 0 Å². The minimum atomic E-state index is 0.647. The molecule has 1 aromatic heterocycles. The summed E-state index contributed by atoms with van der Waals surface area (Å²) in [5, 5.41) is 0.763. The summed E-state index contributed by atoms with van der Waals surface area (Å²) in [4.78, 5) is 6.82. The number of aromatic nitrogens is 1. The smallest absolute Gasteiger partial charge is 0.0729 e. The van der Waals surface area contributed by atoms with Gasteiger partial charge in [0.15, 0.2) is 0 Å². The van der Waals surface area contributed by atoms with Gasteiger partial charge in [-0.3, -0.25) is 9.88 Å². The van der Waals surface area contributed by atoms with Crippen LogP contribution in [0.5, 0.6) is 0 Å². The van der Waals surface area contributed by atoms with E-state index in [-0.39, 0.29) is 0 Å². The Hall–Kier alpha value is -0.860. The van der Waals surface area contributed by atoms with Crippen LogP contribution in [0.4, 0.5) is 0 Å². The molecule has 2 nitrogen and oxygen atoms in total. The van der Waals surface area contributed by atoms with Crippen LogP contribution in [0.15, 0.2) is 30.0 Å². The number of rotatable bonds is 7. The molecule has 0 radical (unpaired) electrons. The van der Waals surface area contributed by atoms with Crippen LogP contribution < -0.4 is 0 Å². The van der Waals surface area contributed by atoms with Crippen molar-refractivity contribution in [2.45, 2.75) is 68.4 Å². The van der Waals surface area contributed by atoms with Crippen LogP contribution in [0, 0.1) is 5.92 Å². The van der Waals surface area contributed by atoms with Gasteiger partial charge >= 0.3 is 0 Å². The van der Waals surface area contributed by atoms with E-state index in [1.165, 1.54) is 5.57 Å². The largest absolute Gasteiger partial charge is 0.297 e. The molecule has 1 heterocycles. The first-order valence-electron chi connectivity index (χ1n) is 8.96. The molecule has 0 atom stereocenters. The van der Waals surface area contributed by atoms with Crippen molar-refractivity contribution in [2.24, 2.45) is 5.92 Å². The quantitative estimate of drug-likeness (QED) is 0.519. The second-order valence-electron chi connectivity index (χ2n) is 5.45. The lowest BCUT2D eigenvalue weighted by atomic mass is 10.1. The van der Waals surface area contributed by atoms with Crippen LogP contribution in [-0.2, 0) is 6.54 Å². The molecule has 0 N–H and O–H groups in total. The summed E-state index contributed by atoms with van der Waals surface area (Å²) < 4.78 is 0. The second-order valence-corrected chi connectivity index (χ2v) is 5.85. The van der Waals surface area contributed by atoms with Gasteiger partial charge < -0.3 is 0 Å². The van der Waals surface area contributed by atoms with E-state index in [4.69, 9.17) is 11.6 Å². The van der Waals surface area contributed by atoms with Gasteiger partial charge in [-0.05, 0) is 38.3 Å². The van der Waals surface area contributed by atoms with Crippen molar-refractivity contribution in [3.8, 4) is 0 Å². The molecule has 0 saturated carbocycles. The third-order valence-corrected chi connectivity index (χ3v) is 3.49. The molecular weight excluding hydrogens is 304 g/mol. The van der Waals surface area contributed by atoms with Crippen molar-refractivity contribution >= 4 is 11.6 Å². The Morgan fingerprint density at radius 3 is 2.35 bits per heavy atom. The highest BCUT2D eigenvalue weighted by molar-refractivity contribution is 6.31. The molecule has 0 fully saturated rings. The second kappa shape index (κ2) is 16.0. The molecule has 0 aromatic carbocycles. The van der Waals surface area contributed by atoms with E-state index in [0.717, 1.165) is 36.8 Å². The van der Waals surface area contributed by atoms with E-state index < -0.39 is 0 Å². The van der Waals surface area contributed by atoms with Crippen LogP contribution in [0.3, 0.4) is 0 Å². The maximum atomic E-state index is 6.19. The summed E-state index contributed by atoms with van der Waals surface area (Å²) in [6, 6.07) is 3.79. The van der Waals surface area contributed by atoms with Gasteiger partial charge in [0.1, 0.15) is 0 Å². The van der Waals surface area contributed by atoms with E-state index in [1.807, 2.05) is 46.0 Å². The number of hydrogen-bond acceptors (Lipinski definition) is 2. The van der Waals surface area contributed by atoms with Crippen molar-refractivity contribution in [1.82, 2.24) is 9.88 Å². The summed E-state index contributed by atoms with van der Waals surface area (Å²) in [7, 11) is 0. The Morgan fingerprint density at radius 1 is 1.26 bits per heavy atom. The van der Waals surface area contributed by atoms with Crippen molar-refractivity contribution in [3.05, 3.63) is 40.7 Å². The fourth-order valence-electron chi connectivity index (χ4n) is 1.98. The fourth-order valence-corrected chi connectivity index (χ4v) is 2.16. The third-order valence-electron chi connectivity index (χ3n) is 3.15. The molecule has 134 valence electrons. The van der Waals surface area contributed by atoms with E-state index in [2.05, 4.69) is 43.7 Å². The van der Waals surface area contributed by atoms with Crippen molar-refractivity contribution < 1.29 is 0 Å². The van der Waals surface area contributed by atoms with Gasteiger partial charge in [-0.2, -0.15) is 0 Å². The molecule has 1 rings (SSSR count). The maximum Gasteiger partial charge on any atom is 0.0729 e. The number of nitrogens with zero attached hydrogens (tertiary/aromatic N) is 2. The molecule has 1 aromatic rings. The fraction of sp³-hybridized carbons (Fsp3) is 0.650. The molecule has 3 heteroatoms. The predicted molar refractivity (Wildman–Crippen MR) is 106 cm³/mol. The lowest BCUT2D eigenvalue weighted by Crippen LogP contribution is -2.29. The highest BCUT2D eigenvalue weighted by atomic mass is 35.5. The SMILES string of the molecule is C/C=C(\C)CCN(Cc1ncccc1Cl)CC(C)C.CC.CC. The number of halogens is 1. The van der Waals surface area contributed by atoms with E-state index >= 15 is 0 Å². The summed E-state index contributed by atoms with van der Waals surface area (Å²) in [6.07, 6.45) is 5.10. The lowest BCUT2D eigenvalue weighted by Gasteiger charge is -2.24. The first-order chi connectivity index (χ1) is 11.0. The van der Waals surface area contributed by atoms with Crippen molar-refractivity contribution in [3.63, 3.8) is 0 Å². The first kappa shape index (κ1) is 24.4. The number of pyridine rings is 1. The van der Waals surface area contributed by atoms with Gasteiger partial charge in [0.2, 0.25) is 0 Å². The predicted octanol–water partition coefficient (Wildman–Crippen LogP) is 6.60. The van der Waals surface area contributed by atoms with E-state index in [9.17, 15) is 0 Å². The zero-order chi connectivity index (χ0) is 18.3. The van der Waals surface area contributed by atoms with Gasteiger partial charge in [-0.15, -0.1) is 0 Å². The summed E-state index contributed by atoms with van der Waals surface area (Å²) in [6.45, 7) is 19.7. The first-order valence-corrected chi connectivity index (χ1v) is 9.34. The Bertz CT molecular complexity index is 414. The molecular formula is C20H37ClN2. The molecule has 0 aliphatic carbocycles. The molecule has 23 heavy (non-hydrogen) atoms. The topological polar surface area (TPSA) is 16.1 Å². The molecule has 0 aliphatic heterocycles. The monoisotopic (exact) mass is 340 g/mol. The maximum absolute atomic E-state index is 6.19. The van der Waals surface area contributed by atoms with Crippen LogP contribution in [0.2, 0.25) is 5.02 Å². The average molecular weight is 341 g/mol. The van der Waals surface area contributed by atoms with Gasteiger partial charge in [-0.1, -0.05) is 64.8 Å². The molecule has 0 unspecified atom stereocenters. The molecule has 0 saturated heterocycles. The normalized spacial score (nSPS) is 10.8. The summed E-state index contributed by atoms with van der Waals surface area (Å²) in [5.41, 5.74) is 2.41. The Balaban J connectivity index is 0. The van der Waals surface area contributed by atoms with Crippen LogP contribution in [0.25, 0.3) is 0 Å². The molecule has 0 amide bonds. The third kappa shape index (κ3) is 12.3. The van der Waals surface area contributed by atoms with Gasteiger partial charge in [0.05, 0.1) is 10.7 Å². The van der Waals surface area contributed by atoms with Gasteiger partial charge in [0, 0.05) is 25.8 Å². The number of allylic oxidation sites excluding steroid dienone is 1. The molecule has 0 spiro atoms. The van der Waals surface area contributed by atoms with Gasteiger partial charge in [0.25, 0.3) is 0 Å². The lowest BCUT2D eigenvalue weighted by molar-refractivity contribution is 0.236. The Morgan fingerprint density at radius 2 is 1.87 bits per heavy atom. The highest BCUT2D eigenvalue weighted by Crippen LogP contribution is 2.16. The van der Waals surface area contributed by atoms with Crippen molar-refractivity contribution in [2.75, 3.05) is 13.1 Å². The molecule has 0 aliphatic rings. The number of hydrogen-bond donors (Lipinski definition) is 0. The Kier molecular flexibility index (Phi) is 17.0. The molecule has 0 bridgehead atoms. The zero-order valence-corrected chi connectivity index (χ0v) is 17.2. The average Bonchev–Trinajstić information content (AvgIpc) is 2.57. The zero-order valence-electron chi connectivity index (χ0n) is 16.5. The standard InChI is InChI=1S/C16H25ClN2.2C2H6/c1-5-14(4)8-10-19(11-13(2)3)12-16-15(17)7-6-9-18-16;2*1-2/h5-7,9,13H,8,10-12H2,1-4H3;2*1-2H3/b14-5+;;. The summed E-state index contributed by atoms with van der Waals surface area (Å²) >= 11 is 6.19. The van der Waals surface area contributed by atoms with Crippen LogP contribution in [-0.4, -0.2) is 23.0 Å². The van der Waals surface area contributed by atoms with Crippen LogP contribution in [0.1, 0.15) is 67.5 Å². The Labute approximate surface area is 150 Å². The summed E-state index contributed by atoms with van der Waals surface area (Å²) in [5.74, 6) is 0.647. The van der Waals surface area contributed by atoms with Gasteiger partial charge in [-0.25, -0.2) is 0 Å². The highest BCUT2D eigenvalue weighted by Gasteiger charge is 2.11.